The number of hydrogen-bond donors (Lipinski definition) is 0. The van der Waals surface area contributed by atoms with Crippen LogP contribution < -0.4 is 0 Å². The monoisotopic (exact) mass is 334 g/mol. The van der Waals surface area contributed by atoms with E-state index in [2.05, 4.69) is 0 Å². The van der Waals surface area contributed by atoms with E-state index in [1.807, 2.05) is 0 Å². The second kappa shape index (κ2) is 6.75. The molecule has 0 spiro atoms. The molecule has 21 heavy (non-hydrogen) atoms. The van der Waals surface area contributed by atoms with Crippen molar-refractivity contribution < 1.29 is 22.3 Å². The van der Waals surface area contributed by atoms with Gasteiger partial charge in [-0.3, -0.25) is 0 Å². The van der Waals surface area contributed by atoms with Gasteiger partial charge in [-0.2, -0.15) is 0 Å². The Labute approximate surface area is 127 Å². The third-order valence-corrected chi connectivity index (χ3v) is 4.87. The van der Waals surface area contributed by atoms with Crippen LogP contribution in [0.15, 0.2) is 23.1 Å². The molecule has 1 aliphatic rings. The maximum Gasteiger partial charge on any atom is 0.341 e. The standard InChI is InChI=1S/C14H16ClFO4S/c15-21(18,19)11-7-8-13(16)12(9-11)14(17)20-10-5-3-1-2-4-6-10/h7-10H,1-6H2. The van der Waals surface area contributed by atoms with E-state index in [1.54, 1.807) is 0 Å². The fraction of sp³-hybridized carbons (Fsp3) is 0.500. The Bertz CT molecular complexity index is 622. The molecule has 1 aliphatic carbocycles. The zero-order valence-corrected chi connectivity index (χ0v) is 12.9. The van der Waals surface area contributed by atoms with Gasteiger partial charge in [0.1, 0.15) is 11.9 Å². The lowest BCUT2D eigenvalue weighted by molar-refractivity contribution is 0.0262. The SMILES string of the molecule is O=C(OC1CCCCCC1)c1cc(S(=O)(=O)Cl)ccc1F. The molecule has 1 aromatic rings. The molecule has 0 heterocycles. The predicted octanol–water partition coefficient (Wildman–Crippen LogP) is 3.63. The second-order valence-electron chi connectivity index (χ2n) is 5.10. The molecule has 0 aromatic heterocycles. The van der Waals surface area contributed by atoms with Gasteiger partial charge < -0.3 is 4.74 Å². The molecule has 0 bridgehead atoms. The van der Waals surface area contributed by atoms with E-state index < -0.39 is 26.4 Å². The first kappa shape index (κ1) is 16.2. The summed E-state index contributed by atoms with van der Waals surface area (Å²) >= 11 is 0. The number of carbonyl (C=O) groups excluding carboxylic acids is 1. The zero-order valence-electron chi connectivity index (χ0n) is 11.3. The van der Waals surface area contributed by atoms with Crippen LogP contribution in [-0.4, -0.2) is 20.5 Å². The molecule has 1 aromatic carbocycles. The van der Waals surface area contributed by atoms with Crippen molar-refractivity contribution in [3.8, 4) is 0 Å². The third-order valence-electron chi connectivity index (χ3n) is 3.52. The van der Waals surface area contributed by atoms with Crippen LogP contribution in [0.2, 0.25) is 0 Å². The van der Waals surface area contributed by atoms with Gasteiger partial charge >= 0.3 is 5.97 Å². The van der Waals surface area contributed by atoms with Gasteiger partial charge in [0.15, 0.2) is 0 Å². The summed E-state index contributed by atoms with van der Waals surface area (Å²) in [6, 6.07) is 2.83. The summed E-state index contributed by atoms with van der Waals surface area (Å²) in [4.78, 5) is 11.7. The minimum Gasteiger partial charge on any atom is -0.459 e. The van der Waals surface area contributed by atoms with E-state index in [0.29, 0.717) is 0 Å². The molecule has 1 saturated carbocycles. The van der Waals surface area contributed by atoms with E-state index in [9.17, 15) is 17.6 Å². The molecule has 0 N–H and O–H groups in total. The minimum atomic E-state index is -4.02. The molecule has 4 nitrogen and oxygen atoms in total. The highest BCUT2D eigenvalue weighted by Gasteiger charge is 2.22. The topological polar surface area (TPSA) is 60.4 Å². The van der Waals surface area contributed by atoms with Gasteiger partial charge in [0, 0.05) is 10.7 Å². The van der Waals surface area contributed by atoms with Crippen molar-refractivity contribution in [1.29, 1.82) is 0 Å². The molecule has 0 aliphatic heterocycles. The van der Waals surface area contributed by atoms with E-state index >= 15 is 0 Å². The summed E-state index contributed by atoms with van der Waals surface area (Å²) in [7, 11) is 1.18. The summed E-state index contributed by atoms with van der Waals surface area (Å²) in [5.41, 5.74) is -0.402. The first-order chi connectivity index (χ1) is 9.88. The predicted molar refractivity (Wildman–Crippen MR) is 76.3 cm³/mol. The molecule has 116 valence electrons. The van der Waals surface area contributed by atoms with Crippen LogP contribution in [0.25, 0.3) is 0 Å². The maximum absolute atomic E-state index is 13.7. The molecular formula is C14H16ClFO4S. The first-order valence-corrected chi connectivity index (χ1v) is 9.14. The van der Waals surface area contributed by atoms with Crippen molar-refractivity contribution in [3.05, 3.63) is 29.6 Å². The van der Waals surface area contributed by atoms with Crippen molar-refractivity contribution in [2.24, 2.45) is 0 Å². The molecular weight excluding hydrogens is 319 g/mol. The third kappa shape index (κ3) is 4.41. The molecule has 0 amide bonds. The average Bonchev–Trinajstić information content (AvgIpc) is 2.66. The van der Waals surface area contributed by atoms with E-state index in [-0.39, 0.29) is 11.0 Å². The van der Waals surface area contributed by atoms with Crippen LogP contribution in [0.1, 0.15) is 48.9 Å². The first-order valence-electron chi connectivity index (χ1n) is 6.83. The summed E-state index contributed by atoms with van der Waals surface area (Å²) in [5.74, 6) is -1.67. The van der Waals surface area contributed by atoms with Crippen LogP contribution in [0.5, 0.6) is 0 Å². The van der Waals surface area contributed by atoms with Gasteiger partial charge in [0.2, 0.25) is 0 Å². The summed E-state index contributed by atoms with van der Waals surface area (Å²) in [6.07, 6.45) is 5.40. The fourth-order valence-electron chi connectivity index (χ4n) is 2.39. The van der Waals surface area contributed by atoms with Gasteiger partial charge in [-0.1, -0.05) is 12.8 Å². The summed E-state index contributed by atoms with van der Waals surface area (Å²) < 4.78 is 41.5. The smallest absolute Gasteiger partial charge is 0.341 e. The molecule has 2 rings (SSSR count). The minimum absolute atomic E-state index is 0.240. The number of rotatable bonds is 3. The quantitative estimate of drug-likeness (QED) is 0.481. The Hall–Kier alpha value is -1.14. The highest BCUT2D eigenvalue weighted by molar-refractivity contribution is 8.13. The lowest BCUT2D eigenvalue weighted by atomic mass is 10.1. The molecule has 0 saturated heterocycles. The Morgan fingerprint density at radius 2 is 1.81 bits per heavy atom. The molecule has 1 fully saturated rings. The lowest BCUT2D eigenvalue weighted by Crippen LogP contribution is -2.18. The van der Waals surface area contributed by atoms with Crippen molar-refractivity contribution in [3.63, 3.8) is 0 Å². The molecule has 0 unspecified atom stereocenters. The van der Waals surface area contributed by atoms with Crippen LogP contribution in [0, 0.1) is 5.82 Å². The Morgan fingerprint density at radius 3 is 2.38 bits per heavy atom. The van der Waals surface area contributed by atoms with Gasteiger partial charge in [-0.15, -0.1) is 0 Å². The van der Waals surface area contributed by atoms with Crippen LogP contribution in [0.4, 0.5) is 4.39 Å². The number of ether oxygens (including phenoxy) is 1. The van der Waals surface area contributed by atoms with E-state index in [0.717, 1.165) is 56.7 Å². The maximum atomic E-state index is 13.7. The van der Waals surface area contributed by atoms with Crippen molar-refractivity contribution in [2.45, 2.75) is 49.5 Å². The molecule has 0 atom stereocenters. The second-order valence-corrected chi connectivity index (χ2v) is 7.66. The summed E-state index contributed by atoms with van der Waals surface area (Å²) in [6.45, 7) is 0. The van der Waals surface area contributed by atoms with Crippen LogP contribution >= 0.6 is 10.7 Å². The lowest BCUT2D eigenvalue weighted by Gasteiger charge is -2.15. The highest BCUT2D eigenvalue weighted by Crippen LogP contribution is 2.23. The highest BCUT2D eigenvalue weighted by atomic mass is 35.7. The van der Waals surface area contributed by atoms with E-state index in [1.165, 1.54) is 0 Å². The van der Waals surface area contributed by atoms with Crippen LogP contribution in [-0.2, 0) is 13.8 Å². The Balaban J connectivity index is 2.18. The number of esters is 1. The largest absolute Gasteiger partial charge is 0.459 e. The van der Waals surface area contributed by atoms with Crippen molar-refractivity contribution in [1.82, 2.24) is 0 Å². The zero-order chi connectivity index (χ0) is 15.5. The number of benzene rings is 1. The number of hydrogen-bond acceptors (Lipinski definition) is 4. The molecule has 0 radical (unpaired) electrons. The average molecular weight is 335 g/mol. The molecule has 7 heteroatoms. The normalized spacial score (nSPS) is 17.2. The van der Waals surface area contributed by atoms with Gasteiger partial charge in [0.25, 0.3) is 9.05 Å². The van der Waals surface area contributed by atoms with Gasteiger partial charge in [-0.25, -0.2) is 17.6 Å². The van der Waals surface area contributed by atoms with Gasteiger partial charge in [-0.05, 0) is 43.9 Å². The Kier molecular flexibility index (Phi) is 5.22. The fourth-order valence-corrected chi connectivity index (χ4v) is 3.16. The Morgan fingerprint density at radius 1 is 1.19 bits per heavy atom. The number of carbonyl (C=O) groups is 1. The van der Waals surface area contributed by atoms with Crippen molar-refractivity contribution in [2.75, 3.05) is 0 Å². The van der Waals surface area contributed by atoms with Gasteiger partial charge in [0.05, 0.1) is 10.5 Å². The summed E-state index contributed by atoms with van der Waals surface area (Å²) in [5, 5.41) is 0. The van der Waals surface area contributed by atoms with E-state index in [4.69, 9.17) is 15.4 Å². The van der Waals surface area contributed by atoms with Crippen molar-refractivity contribution >= 4 is 25.7 Å². The number of halogens is 2. The van der Waals surface area contributed by atoms with Crippen LogP contribution in [0.3, 0.4) is 0 Å².